The molecule has 1 aliphatic rings. The number of hydrogen-bond donors (Lipinski definition) is 1. The van der Waals surface area contributed by atoms with Crippen molar-refractivity contribution in [1.82, 2.24) is 4.57 Å². The molecular formula is C17H30N2. The Morgan fingerprint density at radius 2 is 2.05 bits per heavy atom. The van der Waals surface area contributed by atoms with Crippen LogP contribution in [0.1, 0.15) is 65.3 Å². The minimum Gasteiger partial charge on any atom is -0.351 e. The molecule has 1 aliphatic carbocycles. The number of hydrogen-bond acceptors (Lipinski definition) is 1. The fourth-order valence-electron chi connectivity index (χ4n) is 3.03. The van der Waals surface area contributed by atoms with E-state index in [1.165, 1.54) is 11.3 Å². The summed E-state index contributed by atoms with van der Waals surface area (Å²) >= 11 is 0. The minimum atomic E-state index is 0.213. The van der Waals surface area contributed by atoms with Crippen LogP contribution in [0, 0.1) is 16.7 Å². The van der Waals surface area contributed by atoms with Crippen molar-refractivity contribution in [3.63, 3.8) is 0 Å². The highest BCUT2D eigenvalue weighted by Gasteiger charge is 2.33. The monoisotopic (exact) mass is 262 g/mol. The molecule has 2 nitrogen and oxygen atoms in total. The second-order valence-electron chi connectivity index (χ2n) is 8.29. The van der Waals surface area contributed by atoms with Crippen LogP contribution in [0.15, 0.2) is 12.3 Å². The molecule has 0 aromatic carbocycles. The molecule has 108 valence electrons. The molecule has 0 aliphatic heterocycles. The van der Waals surface area contributed by atoms with Crippen molar-refractivity contribution in [1.29, 1.82) is 0 Å². The molecule has 2 N–H and O–H groups in total. The normalized spacial score (nSPS) is 24.1. The zero-order chi connectivity index (χ0) is 14.4. The second kappa shape index (κ2) is 4.66. The van der Waals surface area contributed by atoms with Gasteiger partial charge in [-0.1, -0.05) is 41.5 Å². The Kier molecular flexibility index (Phi) is 3.59. The summed E-state index contributed by atoms with van der Waals surface area (Å²) in [6.07, 6.45) is 4.49. The molecule has 1 aromatic heterocycles. The van der Waals surface area contributed by atoms with Crippen LogP contribution in [0.2, 0.25) is 0 Å². The Morgan fingerprint density at radius 1 is 1.42 bits per heavy atom. The zero-order valence-electron chi connectivity index (χ0n) is 13.5. The highest BCUT2D eigenvalue weighted by molar-refractivity contribution is 5.30. The average Bonchev–Trinajstić information content (AvgIpc) is 2.58. The van der Waals surface area contributed by atoms with Crippen LogP contribution in [0.4, 0.5) is 0 Å². The van der Waals surface area contributed by atoms with Gasteiger partial charge in [0.05, 0.1) is 0 Å². The maximum atomic E-state index is 6.34. The number of aromatic nitrogens is 1. The predicted molar refractivity (Wildman–Crippen MR) is 82.1 cm³/mol. The van der Waals surface area contributed by atoms with Gasteiger partial charge in [-0.2, -0.15) is 0 Å². The first-order valence-corrected chi connectivity index (χ1v) is 7.54. The first kappa shape index (κ1) is 14.6. The van der Waals surface area contributed by atoms with Crippen LogP contribution in [0.25, 0.3) is 0 Å². The van der Waals surface area contributed by atoms with Crippen molar-refractivity contribution in [3.8, 4) is 0 Å². The van der Waals surface area contributed by atoms with Crippen LogP contribution < -0.4 is 5.73 Å². The van der Waals surface area contributed by atoms with E-state index >= 15 is 0 Å². The summed E-state index contributed by atoms with van der Waals surface area (Å²) in [5.74, 6) is 0.658. The smallest absolute Gasteiger partial charge is 0.0318 e. The van der Waals surface area contributed by atoms with E-state index in [1.54, 1.807) is 0 Å². The molecule has 0 radical (unpaired) electrons. The summed E-state index contributed by atoms with van der Waals surface area (Å²) in [4.78, 5) is 0. The van der Waals surface area contributed by atoms with Crippen LogP contribution in [-0.2, 0) is 13.0 Å². The van der Waals surface area contributed by atoms with E-state index in [2.05, 4.69) is 58.4 Å². The van der Waals surface area contributed by atoms with E-state index < -0.39 is 0 Å². The summed E-state index contributed by atoms with van der Waals surface area (Å²) < 4.78 is 2.45. The fraction of sp³-hybridized carbons (Fsp3) is 0.765. The average molecular weight is 262 g/mol. The van der Waals surface area contributed by atoms with E-state index in [-0.39, 0.29) is 6.04 Å². The highest BCUT2D eigenvalue weighted by atomic mass is 15.0. The van der Waals surface area contributed by atoms with Gasteiger partial charge in [0.1, 0.15) is 0 Å². The largest absolute Gasteiger partial charge is 0.351 e. The van der Waals surface area contributed by atoms with Gasteiger partial charge in [0.2, 0.25) is 0 Å². The Morgan fingerprint density at radius 3 is 2.63 bits per heavy atom. The molecule has 2 heteroatoms. The molecule has 0 fully saturated rings. The van der Waals surface area contributed by atoms with Gasteiger partial charge in [-0.3, -0.25) is 0 Å². The number of rotatable bonds is 2. The van der Waals surface area contributed by atoms with Crippen LogP contribution in [0.5, 0.6) is 0 Å². The summed E-state index contributed by atoms with van der Waals surface area (Å²) in [5.41, 5.74) is 9.86. The molecule has 0 bridgehead atoms. The summed E-state index contributed by atoms with van der Waals surface area (Å²) in [7, 11) is 0. The van der Waals surface area contributed by atoms with Gasteiger partial charge >= 0.3 is 0 Å². The molecule has 0 saturated carbocycles. The second-order valence-corrected chi connectivity index (χ2v) is 8.29. The summed E-state index contributed by atoms with van der Waals surface area (Å²) in [5, 5.41) is 0. The number of fused-ring (bicyclic) bond motifs is 1. The molecule has 1 heterocycles. The third-order valence-electron chi connectivity index (χ3n) is 4.88. The van der Waals surface area contributed by atoms with Crippen molar-refractivity contribution in [2.75, 3.05) is 0 Å². The topological polar surface area (TPSA) is 30.9 Å². The van der Waals surface area contributed by atoms with E-state index in [9.17, 15) is 0 Å². The molecule has 1 aromatic rings. The molecule has 0 spiro atoms. The van der Waals surface area contributed by atoms with Gasteiger partial charge in [-0.05, 0) is 41.2 Å². The lowest BCUT2D eigenvalue weighted by atomic mass is 9.74. The van der Waals surface area contributed by atoms with Crippen LogP contribution in [-0.4, -0.2) is 4.57 Å². The van der Waals surface area contributed by atoms with Crippen LogP contribution >= 0.6 is 0 Å². The third kappa shape index (κ3) is 3.05. The molecule has 2 unspecified atom stereocenters. The Hall–Kier alpha value is -0.760. The Balaban J connectivity index is 2.26. The SMILES string of the molecule is CC(Cn1ccc2c1CC(C)(C)CC2N)C(C)(C)C. The standard InChI is InChI=1S/C17H30N2/c1-12(16(2,3)4)11-19-8-7-13-14(18)9-17(5,6)10-15(13)19/h7-8,12,14H,9-11,18H2,1-6H3. The lowest BCUT2D eigenvalue weighted by Gasteiger charge is -2.35. The molecule has 2 rings (SSSR count). The van der Waals surface area contributed by atoms with Crippen LogP contribution in [0.3, 0.4) is 0 Å². The van der Waals surface area contributed by atoms with Gasteiger partial charge in [0, 0.05) is 24.5 Å². The van der Waals surface area contributed by atoms with Crippen molar-refractivity contribution in [2.24, 2.45) is 22.5 Å². The molecule has 2 atom stereocenters. The van der Waals surface area contributed by atoms with Crippen molar-refractivity contribution < 1.29 is 0 Å². The van der Waals surface area contributed by atoms with Gasteiger partial charge in [-0.15, -0.1) is 0 Å². The molecular weight excluding hydrogens is 232 g/mol. The lowest BCUT2D eigenvalue weighted by molar-refractivity contribution is 0.223. The van der Waals surface area contributed by atoms with Gasteiger partial charge in [0.25, 0.3) is 0 Å². The van der Waals surface area contributed by atoms with E-state index in [0.717, 1.165) is 19.4 Å². The number of nitrogens with two attached hydrogens (primary N) is 1. The Bertz CT molecular complexity index is 448. The summed E-state index contributed by atoms with van der Waals surface area (Å²) in [6, 6.07) is 2.45. The zero-order valence-corrected chi connectivity index (χ0v) is 13.5. The fourth-order valence-corrected chi connectivity index (χ4v) is 3.03. The minimum absolute atomic E-state index is 0.213. The first-order valence-electron chi connectivity index (χ1n) is 7.54. The van der Waals surface area contributed by atoms with Crippen molar-refractivity contribution in [3.05, 3.63) is 23.5 Å². The Labute approximate surface area is 118 Å². The molecule has 0 saturated heterocycles. The first-order chi connectivity index (χ1) is 8.60. The van der Waals surface area contributed by atoms with E-state index in [1.807, 2.05) is 0 Å². The quantitative estimate of drug-likeness (QED) is 0.853. The maximum absolute atomic E-state index is 6.34. The van der Waals surface area contributed by atoms with E-state index in [4.69, 9.17) is 5.73 Å². The molecule has 19 heavy (non-hydrogen) atoms. The third-order valence-corrected chi connectivity index (χ3v) is 4.88. The summed E-state index contributed by atoms with van der Waals surface area (Å²) in [6.45, 7) is 15.1. The highest BCUT2D eigenvalue weighted by Crippen LogP contribution is 2.40. The predicted octanol–water partition coefficient (Wildman–Crippen LogP) is 4.14. The van der Waals surface area contributed by atoms with Crippen molar-refractivity contribution in [2.45, 2.75) is 67.0 Å². The lowest BCUT2D eigenvalue weighted by Crippen LogP contribution is -2.31. The van der Waals surface area contributed by atoms with E-state index in [0.29, 0.717) is 16.7 Å². The van der Waals surface area contributed by atoms with Gasteiger partial charge < -0.3 is 10.3 Å². The molecule has 0 amide bonds. The van der Waals surface area contributed by atoms with Crippen molar-refractivity contribution >= 4 is 0 Å². The maximum Gasteiger partial charge on any atom is 0.0318 e. The van der Waals surface area contributed by atoms with Gasteiger partial charge in [-0.25, -0.2) is 0 Å². The number of nitrogens with zero attached hydrogens (tertiary/aromatic N) is 1. The van der Waals surface area contributed by atoms with Gasteiger partial charge in [0.15, 0.2) is 0 Å².